The molecule has 0 amide bonds. The minimum absolute atomic E-state index is 0.232. The molecule has 0 aromatic carbocycles. The molecule has 1 saturated carbocycles. The Kier molecular flexibility index (Phi) is 7.34. The number of carbonyl (C=O) groups excluding carboxylic acids is 1. The van der Waals surface area contributed by atoms with Crippen LogP contribution >= 0.6 is 0 Å². The quantitative estimate of drug-likeness (QED) is 0.455. The highest BCUT2D eigenvalue weighted by Gasteiger charge is 2.51. The first kappa shape index (κ1) is 16.4. The topological polar surface area (TPSA) is 56.8 Å². The van der Waals surface area contributed by atoms with Crippen LogP contribution in [0.25, 0.3) is 0 Å². The molecule has 112 valence electrons. The zero-order chi connectivity index (χ0) is 14.1. The van der Waals surface area contributed by atoms with Crippen molar-refractivity contribution in [3.8, 4) is 0 Å². The van der Waals surface area contributed by atoms with Gasteiger partial charge in [-0.15, -0.1) is 0 Å². The third kappa shape index (κ3) is 4.75. The van der Waals surface area contributed by atoms with Crippen LogP contribution in [0.2, 0.25) is 0 Å². The Bertz CT molecular complexity index is 268. The van der Waals surface area contributed by atoms with E-state index in [4.69, 9.17) is 14.2 Å². The third-order valence-electron chi connectivity index (χ3n) is 3.61. The number of methoxy groups -OCH3 is 1. The number of unbranched alkanes of at least 4 members (excludes halogenated alkanes) is 1. The lowest BCUT2D eigenvalue weighted by Gasteiger charge is -2.30. The van der Waals surface area contributed by atoms with Crippen LogP contribution in [0.3, 0.4) is 0 Å². The van der Waals surface area contributed by atoms with Gasteiger partial charge in [-0.25, -0.2) is 4.79 Å². The number of rotatable bonds is 11. The molecule has 1 rings (SSSR count). The number of hydrogen-bond acceptors (Lipinski definition) is 5. The Hall–Kier alpha value is -0.650. The highest BCUT2D eigenvalue weighted by atomic mass is 16.5. The lowest BCUT2D eigenvalue weighted by molar-refractivity contribution is -0.153. The van der Waals surface area contributed by atoms with Gasteiger partial charge in [-0.3, -0.25) is 0 Å². The van der Waals surface area contributed by atoms with Gasteiger partial charge in [0.2, 0.25) is 0 Å². The van der Waals surface area contributed by atoms with Crippen molar-refractivity contribution in [3.05, 3.63) is 0 Å². The number of likely N-dealkylation sites (N-methyl/N-ethyl adjacent to an activating group) is 1. The summed E-state index contributed by atoms with van der Waals surface area (Å²) in [4.78, 5) is 12.0. The molecule has 0 aromatic rings. The fourth-order valence-corrected chi connectivity index (χ4v) is 2.18. The lowest BCUT2D eigenvalue weighted by Crippen LogP contribution is -2.56. The highest BCUT2D eigenvalue weighted by Crippen LogP contribution is 2.40. The maximum Gasteiger partial charge on any atom is 0.328 e. The highest BCUT2D eigenvalue weighted by molar-refractivity contribution is 5.82. The summed E-state index contributed by atoms with van der Waals surface area (Å²) < 4.78 is 15.9. The summed E-state index contributed by atoms with van der Waals surface area (Å²) >= 11 is 0. The molecular formula is C14H27NO4. The van der Waals surface area contributed by atoms with E-state index < -0.39 is 5.54 Å². The van der Waals surface area contributed by atoms with Gasteiger partial charge in [0.05, 0.1) is 26.9 Å². The van der Waals surface area contributed by atoms with Gasteiger partial charge in [0.15, 0.2) is 0 Å². The lowest BCUT2D eigenvalue weighted by atomic mass is 9.94. The minimum Gasteiger partial charge on any atom is -0.468 e. The summed E-state index contributed by atoms with van der Waals surface area (Å²) in [6, 6.07) is 0. The molecule has 5 nitrogen and oxygen atoms in total. The fourth-order valence-electron chi connectivity index (χ4n) is 2.18. The summed E-state index contributed by atoms with van der Waals surface area (Å²) in [5.41, 5.74) is -0.682. The average molecular weight is 273 g/mol. The number of carbonyl (C=O) groups is 1. The molecule has 1 aliphatic rings. The van der Waals surface area contributed by atoms with Crippen LogP contribution in [0.15, 0.2) is 0 Å². The summed E-state index contributed by atoms with van der Waals surface area (Å²) in [6.07, 6.45) is 4.30. The second-order valence-electron chi connectivity index (χ2n) is 5.01. The molecule has 0 aromatic heterocycles. The minimum atomic E-state index is -0.682. The maximum atomic E-state index is 12.0. The fraction of sp³-hybridized carbons (Fsp3) is 0.929. The average Bonchev–Trinajstić information content (AvgIpc) is 3.26. The summed E-state index contributed by atoms with van der Waals surface area (Å²) in [5, 5.41) is 3.10. The van der Waals surface area contributed by atoms with Gasteiger partial charge in [-0.1, -0.05) is 13.3 Å². The predicted molar refractivity (Wildman–Crippen MR) is 73.1 cm³/mol. The van der Waals surface area contributed by atoms with Crippen molar-refractivity contribution in [2.45, 2.75) is 38.1 Å². The van der Waals surface area contributed by atoms with Crippen LogP contribution < -0.4 is 5.32 Å². The van der Waals surface area contributed by atoms with Gasteiger partial charge in [-0.05, 0) is 32.2 Å². The summed E-state index contributed by atoms with van der Waals surface area (Å²) in [5.74, 6) is 0.0929. The van der Waals surface area contributed by atoms with Gasteiger partial charge in [-0.2, -0.15) is 0 Å². The molecule has 5 heteroatoms. The van der Waals surface area contributed by atoms with E-state index in [1.165, 1.54) is 7.11 Å². The molecule has 1 unspecified atom stereocenters. The zero-order valence-electron chi connectivity index (χ0n) is 12.4. The van der Waals surface area contributed by atoms with Crippen molar-refractivity contribution >= 4 is 5.97 Å². The second kappa shape index (κ2) is 8.51. The van der Waals surface area contributed by atoms with E-state index in [0.29, 0.717) is 25.7 Å². The van der Waals surface area contributed by atoms with Crippen molar-refractivity contribution in [1.82, 2.24) is 5.32 Å². The maximum absolute atomic E-state index is 12.0. The predicted octanol–water partition coefficient (Wildman–Crippen LogP) is 1.36. The van der Waals surface area contributed by atoms with E-state index in [-0.39, 0.29) is 5.97 Å². The van der Waals surface area contributed by atoms with Crippen LogP contribution in [0.4, 0.5) is 0 Å². The zero-order valence-corrected chi connectivity index (χ0v) is 12.4. The molecule has 0 aliphatic heterocycles. The molecule has 0 bridgehead atoms. The van der Waals surface area contributed by atoms with Crippen LogP contribution in [0, 0.1) is 5.92 Å². The number of esters is 1. The van der Waals surface area contributed by atoms with Gasteiger partial charge >= 0.3 is 5.97 Å². The third-order valence-corrected chi connectivity index (χ3v) is 3.61. The summed E-state index contributed by atoms with van der Waals surface area (Å²) in [6.45, 7) is 4.34. The molecule has 0 radical (unpaired) electrons. The normalized spacial score (nSPS) is 18.1. The Morgan fingerprint density at radius 3 is 2.47 bits per heavy atom. The molecule has 1 fully saturated rings. The van der Waals surface area contributed by atoms with Crippen molar-refractivity contribution in [1.29, 1.82) is 0 Å². The monoisotopic (exact) mass is 273 g/mol. The Balaban J connectivity index is 2.27. The Morgan fingerprint density at radius 2 is 1.95 bits per heavy atom. The first-order chi connectivity index (χ1) is 9.21. The van der Waals surface area contributed by atoms with Crippen molar-refractivity contribution in [3.63, 3.8) is 0 Å². The molecular weight excluding hydrogens is 246 g/mol. The van der Waals surface area contributed by atoms with Crippen LogP contribution in [0.1, 0.15) is 32.6 Å². The smallest absolute Gasteiger partial charge is 0.328 e. The van der Waals surface area contributed by atoms with Crippen molar-refractivity contribution in [2.24, 2.45) is 5.92 Å². The van der Waals surface area contributed by atoms with E-state index in [2.05, 4.69) is 12.2 Å². The molecule has 1 atom stereocenters. The molecule has 0 saturated heterocycles. The van der Waals surface area contributed by atoms with Gasteiger partial charge in [0.1, 0.15) is 5.54 Å². The van der Waals surface area contributed by atoms with E-state index in [0.717, 1.165) is 32.3 Å². The number of nitrogens with one attached hydrogen (secondary N) is 1. The first-order valence-electron chi connectivity index (χ1n) is 7.14. The largest absolute Gasteiger partial charge is 0.468 e. The molecule has 0 heterocycles. The molecule has 19 heavy (non-hydrogen) atoms. The van der Waals surface area contributed by atoms with Crippen LogP contribution in [-0.4, -0.2) is 52.1 Å². The Labute approximate surface area is 116 Å². The molecule has 1 aliphatic carbocycles. The van der Waals surface area contributed by atoms with E-state index in [1.54, 1.807) is 7.05 Å². The first-order valence-corrected chi connectivity index (χ1v) is 7.14. The van der Waals surface area contributed by atoms with Crippen molar-refractivity contribution in [2.75, 3.05) is 40.6 Å². The van der Waals surface area contributed by atoms with Gasteiger partial charge in [0, 0.05) is 6.61 Å². The molecule has 0 spiro atoms. The number of ether oxygens (including phenoxy) is 3. The van der Waals surface area contributed by atoms with Gasteiger partial charge in [0.25, 0.3) is 0 Å². The van der Waals surface area contributed by atoms with Gasteiger partial charge < -0.3 is 19.5 Å². The SMILES string of the molecule is CCCCOCCOCC(NC)(C(=O)OC)C1CC1. The van der Waals surface area contributed by atoms with E-state index >= 15 is 0 Å². The Morgan fingerprint density at radius 1 is 1.26 bits per heavy atom. The van der Waals surface area contributed by atoms with Crippen LogP contribution in [-0.2, 0) is 19.0 Å². The molecule has 1 N–H and O–H groups in total. The van der Waals surface area contributed by atoms with Crippen molar-refractivity contribution < 1.29 is 19.0 Å². The van der Waals surface area contributed by atoms with E-state index in [1.807, 2.05) is 0 Å². The second-order valence-corrected chi connectivity index (χ2v) is 5.01. The van der Waals surface area contributed by atoms with E-state index in [9.17, 15) is 4.79 Å². The van der Waals surface area contributed by atoms with Crippen LogP contribution in [0.5, 0.6) is 0 Å². The summed E-state index contributed by atoms with van der Waals surface area (Å²) in [7, 11) is 3.21. The standard InChI is InChI=1S/C14H27NO4/c1-4-5-8-18-9-10-19-11-14(15-2,12-6-7-12)13(16)17-3/h12,15H,4-11H2,1-3H3. The number of hydrogen-bond donors (Lipinski definition) is 1.